The van der Waals surface area contributed by atoms with E-state index in [2.05, 4.69) is 20.9 Å². The maximum Gasteiger partial charge on any atom is 0.319 e. The van der Waals surface area contributed by atoms with Gasteiger partial charge < -0.3 is 20.9 Å². The van der Waals surface area contributed by atoms with E-state index in [-0.39, 0.29) is 23.8 Å². The zero-order valence-electron chi connectivity index (χ0n) is 19.5. The van der Waals surface area contributed by atoms with Gasteiger partial charge in [-0.15, -0.1) is 0 Å². The Balaban J connectivity index is 1.33. The van der Waals surface area contributed by atoms with Gasteiger partial charge in [-0.2, -0.15) is 4.98 Å². The van der Waals surface area contributed by atoms with Gasteiger partial charge in [0.05, 0.1) is 16.1 Å². The second-order valence-electron chi connectivity index (χ2n) is 8.83. The van der Waals surface area contributed by atoms with E-state index in [4.69, 9.17) is 4.98 Å². The Morgan fingerprint density at radius 2 is 1.76 bits per heavy atom. The van der Waals surface area contributed by atoms with E-state index in [0.717, 1.165) is 48.0 Å². The summed E-state index contributed by atoms with van der Waals surface area (Å²) >= 11 is 0. The molecular weight excluding hydrogens is 434 g/mol. The first-order chi connectivity index (χ1) is 16.3. The minimum absolute atomic E-state index is 0.0342. The Labute approximate surface area is 197 Å². The number of fused-ring (bicyclic) bond motifs is 1. The second kappa shape index (κ2) is 9.90. The highest BCUT2D eigenvalue weighted by molar-refractivity contribution is 5.91. The van der Waals surface area contributed by atoms with Crippen molar-refractivity contribution in [1.82, 2.24) is 15.3 Å². The van der Waals surface area contributed by atoms with E-state index in [0.29, 0.717) is 11.6 Å². The highest BCUT2D eigenvalue weighted by Crippen LogP contribution is 2.27. The number of non-ortho nitro benzene ring substituents is 1. The minimum Gasteiger partial charge on any atom is -0.362 e. The number of rotatable bonds is 6. The number of nitro groups is 1. The van der Waals surface area contributed by atoms with Crippen molar-refractivity contribution >= 4 is 40.1 Å². The number of anilines is 3. The molecule has 4 rings (SSSR count). The number of carbonyl (C=O) groups excluding carboxylic acids is 1. The quantitative estimate of drug-likeness (QED) is 0.364. The van der Waals surface area contributed by atoms with Gasteiger partial charge in [-0.1, -0.05) is 18.2 Å². The monoisotopic (exact) mass is 463 g/mol. The lowest BCUT2D eigenvalue weighted by molar-refractivity contribution is -0.384. The van der Waals surface area contributed by atoms with E-state index < -0.39 is 4.92 Å². The van der Waals surface area contributed by atoms with E-state index in [1.165, 1.54) is 12.1 Å². The van der Waals surface area contributed by atoms with Crippen LogP contribution < -0.4 is 20.9 Å². The zero-order chi connectivity index (χ0) is 24.2. The van der Waals surface area contributed by atoms with Crippen LogP contribution in [0.4, 0.5) is 27.9 Å². The van der Waals surface area contributed by atoms with Crippen molar-refractivity contribution in [3.05, 3.63) is 58.1 Å². The third kappa shape index (κ3) is 5.33. The number of urea groups is 1. The molecule has 0 unspecified atom stereocenters. The molecule has 10 nitrogen and oxygen atoms in total. The molecule has 0 spiro atoms. The number of nitrogens with zero attached hydrogens (tertiary/aromatic N) is 4. The van der Waals surface area contributed by atoms with Crippen LogP contribution in [0.25, 0.3) is 10.9 Å². The van der Waals surface area contributed by atoms with Crippen molar-refractivity contribution in [3.63, 3.8) is 0 Å². The summed E-state index contributed by atoms with van der Waals surface area (Å²) in [5.41, 5.74) is 2.04. The summed E-state index contributed by atoms with van der Waals surface area (Å²) in [7, 11) is 3.94. The molecule has 2 amide bonds. The highest BCUT2D eigenvalue weighted by Gasteiger charge is 2.24. The van der Waals surface area contributed by atoms with E-state index >= 15 is 0 Å². The minimum atomic E-state index is -0.475. The maximum absolute atomic E-state index is 12.5. The molecular formula is C24H29N7O3. The smallest absolute Gasteiger partial charge is 0.319 e. The number of amides is 2. The van der Waals surface area contributed by atoms with Crippen molar-refractivity contribution in [1.29, 1.82) is 0 Å². The van der Waals surface area contributed by atoms with Crippen molar-refractivity contribution in [3.8, 4) is 0 Å². The normalized spacial score (nSPS) is 17.7. The molecule has 10 heteroatoms. The molecule has 0 bridgehead atoms. The molecule has 0 atom stereocenters. The highest BCUT2D eigenvalue weighted by atomic mass is 16.6. The summed E-state index contributed by atoms with van der Waals surface area (Å²) in [4.78, 5) is 34.4. The number of hydrogen-bond donors (Lipinski definition) is 3. The number of para-hydroxylation sites is 1. The fraction of sp³-hybridized carbons (Fsp3) is 0.375. The van der Waals surface area contributed by atoms with Gasteiger partial charge in [-0.05, 0) is 50.3 Å². The summed E-state index contributed by atoms with van der Waals surface area (Å²) in [6.07, 6.45) is 3.36. The first kappa shape index (κ1) is 23.2. The lowest BCUT2D eigenvalue weighted by Crippen LogP contribution is -2.42. The summed E-state index contributed by atoms with van der Waals surface area (Å²) in [6, 6.07) is 12.3. The Morgan fingerprint density at radius 1 is 1.06 bits per heavy atom. The molecule has 1 heterocycles. The second-order valence-corrected chi connectivity index (χ2v) is 8.83. The molecule has 1 saturated carbocycles. The maximum atomic E-state index is 12.5. The summed E-state index contributed by atoms with van der Waals surface area (Å²) in [5, 5.41) is 21.2. The fourth-order valence-electron chi connectivity index (χ4n) is 4.23. The standard InChI is InChI=1S/C24H29N7O3/c1-15-8-13-18(31(33)34)14-21(15)28-24(32)26-17-11-9-16(10-12-17)25-23-27-20-7-5-4-6-19(20)22(29-23)30(2)3/h4-8,13-14,16-17H,9-12H2,1-3H3,(H,25,27,29)(H2,26,28,32)/t16-,17+. The van der Waals surface area contributed by atoms with E-state index in [1.54, 1.807) is 13.0 Å². The van der Waals surface area contributed by atoms with Crippen LogP contribution in [-0.2, 0) is 0 Å². The summed E-state index contributed by atoms with van der Waals surface area (Å²) in [6.45, 7) is 1.80. The summed E-state index contributed by atoms with van der Waals surface area (Å²) in [5.74, 6) is 1.48. The first-order valence-corrected chi connectivity index (χ1v) is 11.3. The van der Waals surface area contributed by atoms with Gasteiger partial charge in [-0.25, -0.2) is 9.78 Å². The number of hydrogen-bond acceptors (Lipinski definition) is 7. The van der Waals surface area contributed by atoms with Crippen LogP contribution >= 0.6 is 0 Å². The summed E-state index contributed by atoms with van der Waals surface area (Å²) < 4.78 is 0. The largest absolute Gasteiger partial charge is 0.362 e. The Bertz CT molecular complexity index is 1210. The molecule has 0 saturated heterocycles. The van der Waals surface area contributed by atoms with Crippen LogP contribution in [0, 0.1) is 17.0 Å². The van der Waals surface area contributed by atoms with Gasteiger partial charge in [0.15, 0.2) is 0 Å². The molecule has 1 aliphatic rings. The van der Waals surface area contributed by atoms with Crippen molar-refractivity contribution in [2.75, 3.05) is 29.6 Å². The Kier molecular flexibility index (Phi) is 6.76. The molecule has 0 radical (unpaired) electrons. The molecule has 1 aromatic heterocycles. The van der Waals surface area contributed by atoms with Crippen LogP contribution in [0.3, 0.4) is 0 Å². The number of aryl methyl sites for hydroxylation is 1. The van der Waals surface area contributed by atoms with Gasteiger partial charge in [0.1, 0.15) is 5.82 Å². The van der Waals surface area contributed by atoms with Gasteiger partial charge in [-0.3, -0.25) is 10.1 Å². The molecule has 2 aromatic carbocycles. The predicted octanol–water partition coefficient (Wildman–Crippen LogP) is 4.46. The average molecular weight is 464 g/mol. The first-order valence-electron chi connectivity index (χ1n) is 11.3. The van der Waals surface area contributed by atoms with Crippen LogP contribution in [0.15, 0.2) is 42.5 Å². The molecule has 3 N–H and O–H groups in total. The van der Waals surface area contributed by atoms with Gasteiger partial charge in [0.2, 0.25) is 5.95 Å². The third-order valence-electron chi connectivity index (χ3n) is 6.08. The molecule has 1 aliphatic carbocycles. The zero-order valence-corrected chi connectivity index (χ0v) is 19.5. The molecule has 0 aliphatic heterocycles. The number of carbonyl (C=O) groups is 1. The molecule has 34 heavy (non-hydrogen) atoms. The van der Waals surface area contributed by atoms with Crippen molar-refractivity contribution in [2.24, 2.45) is 0 Å². The fourth-order valence-corrected chi connectivity index (χ4v) is 4.23. The number of aromatic nitrogens is 2. The predicted molar refractivity (Wildman–Crippen MR) is 134 cm³/mol. The van der Waals surface area contributed by atoms with Crippen LogP contribution in [0.2, 0.25) is 0 Å². The number of nitro benzene ring substituents is 1. The van der Waals surface area contributed by atoms with Crippen LogP contribution in [0.1, 0.15) is 31.2 Å². The van der Waals surface area contributed by atoms with Crippen molar-refractivity contribution in [2.45, 2.75) is 44.7 Å². The Morgan fingerprint density at radius 3 is 2.47 bits per heavy atom. The topological polar surface area (TPSA) is 125 Å². The molecule has 178 valence electrons. The van der Waals surface area contributed by atoms with Gasteiger partial charge in [0, 0.05) is 43.7 Å². The molecule has 3 aromatic rings. The van der Waals surface area contributed by atoms with Gasteiger partial charge >= 0.3 is 6.03 Å². The van der Waals surface area contributed by atoms with Crippen LogP contribution in [0.5, 0.6) is 0 Å². The van der Waals surface area contributed by atoms with E-state index in [1.807, 2.05) is 43.3 Å². The average Bonchev–Trinajstić information content (AvgIpc) is 2.81. The van der Waals surface area contributed by atoms with E-state index in [9.17, 15) is 14.9 Å². The SMILES string of the molecule is Cc1ccc([N+](=O)[O-])cc1NC(=O)N[C@H]1CC[C@@H](Nc2nc(N(C)C)c3ccccc3n2)CC1. The third-order valence-corrected chi connectivity index (χ3v) is 6.08. The van der Waals surface area contributed by atoms with Crippen LogP contribution in [-0.4, -0.2) is 47.1 Å². The molecule has 1 fully saturated rings. The number of nitrogens with one attached hydrogen (secondary N) is 3. The lowest BCUT2D eigenvalue weighted by atomic mass is 9.91. The van der Waals surface area contributed by atoms with Gasteiger partial charge in [0.25, 0.3) is 5.69 Å². The Hall–Kier alpha value is -3.95. The van der Waals surface area contributed by atoms with Crippen molar-refractivity contribution < 1.29 is 9.72 Å². The number of benzene rings is 2. The lowest BCUT2D eigenvalue weighted by Gasteiger charge is -2.30.